The zero-order chi connectivity index (χ0) is 8.27. The third-order valence-corrected chi connectivity index (χ3v) is 2.77. The lowest BCUT2D eigenvalue weighted by Gasteiger charge is -2.08. The van der Waals surface area contributed by atoms with E-state index >= 15 is 0 Å². The Labute approximate surface area is 85.4 Å². The highest BCUT2D eigenvalue weighted by atomic mass is 127. The van der Waals surface area contributed by atoms with Crippen LogP contribution in [-0.2, 0) is 0 Å². The van der Waals surface area contributed by atoms with E-state index in [9.17, 15) is 5.11 Å². The molecule has 1 atom stereocenters. The predicted molar refractivity (Wildman–Crippen MR) is 58.0 cm³/mol. The summed E-state index contributed by atoms with van der Waals surface area (Å²) in [4.78, 5) is 0. The fraction of sp³-hybridized carbons (Fsp3) is 0.250. The van der Waals surface area contributed by atoms with E-state index in [0.29, 0.717) is 5.75 Å². The second-order valence-electron chi connectivity index (χ2n) is 2.22. The van der Waals surface area contributed by atoms with Crippen LogP contribution in [0.5, 0.6) is 0 Å². The van der Waals surface area contributed by atoms with Crippen molar-refractivity contribution in [3.63, 3.8) is 0 Å². The lowest BCUT2D eigenvalue weighted by molar-refractivity contribution is 0.203. The molecule has 0 heterocycles. The van der Waals surface area contributed by atoms with Gasteiger partial charge in [0.1, 0.15) is 0 Å². The van der Waals surface area contributed by atoms with Crippen LogP contribution >= 0.6 is 35.2 Å². The largest absolute Gasteiger partial charge is 0.388 e. The first-order valence-electron chi connectivity index (χ1n) is 3.29. The smallest absolute Gasteiger partial charge is 0.0888 e. The maximum Gasteiger partial charge on any atom is 0.0888 e. The molecule has 1 aromatic carbocycles. The van der Waals surface area contributed by atoms with Crippen molar-refractivity contribution in [2.75, 3.05) is 5.75 Å². The highest BCUT2D eigenvalue weighted by Gasteiger charge is 2.07. The van der Waals surface area contributed by atoms with E-state index in [1.165, 1.54) is 0 Å². The Balaban J connectivity index is 2.93. The Bertz CT molecular complexity index is 239. The number of thiol groups is 1. The van der Waals surface area contributed by atoms with Crippen molar-refractivity contribution in [1.29, 1.82) is 0 Å². The van der Waals surface area contributed by atoms with E-state index in [2.05, 4.69) is 35.2 Å². The number of rotatable bonds is 2. The summed E-state index contributed by atoms with van der Waals surface area (Å²) in [6.45, 7) is 0. The first-order chi connectivity index (χ1) is 5.25. The zero-order valence-electron chi connectivity index (χ0n) is 5.87. The molecule has 0 spiro atoms. The molecule has 11 heavy (non-hydrogen) atoms. The van der Waals surface area contributed by atoms with Crippen molar-refractivity contribution in [2.24, 2.45) is 0 Å². The average molecular weight is 280 g/mol. The van der Waals surface area contributed by atoms with E-state index < -0.39 is 6.10 Å². The van der Waals surface area contributed by atoms with Gasteiger partial charge >= 0.3 is 0 Å². The topological polar surface area (TPSA) is 20.2 Å². The quantitative estimate of drug-likeness (QED) is 0.629. The minimum absolute atomic E-state index is 0.438. The van der Waals surface area contributed by atoms with Crippen LogP contribution in [0.1, 0.15) is 11.7 Å². The number of hydrogen-bond acceptors (Lipinski definition) is 2. The van der Waals surface area contributed by atoms with Gasteiger partial charge in [0.15, 0.2) is 0 Å². The molecule has 0 aromatic heterocycles. The molecule has 0 saturated heterocycles. The Morgan fingerprint density at radius 3 is 2.64 bits per heavy atom. The van der Waals surface area contributed by atoms with Crippen molar-refractivity contribution < 1.29 is 5.11 Å². The fourth-order valence-electron chi connectivity index (χ4n) is 0.844. The molecular formula is C8H9IOS. The molecule has 0 fully saturated rings. The van der Waals surface area contributed by atoms with Crippen LogP contribution in [0.4, 0.5) is 0 Å². The normalized spacial score (nSPS) is 13.0. The van der Waals surface area contributed by atoms with Crippen molar-refractivity contribution in [3.05, 3.63) is 33.4 Å². The SMILES string of the molecule is OC(CS)c1ccccc1I. The molecule has 1 nitrogen and oxygen atoms in total. The summed E-state index contributed by atoms with van der Waals surface area (Å²) >= 11 is 6.23. The number of hydrogen-bond donors (Lipinski definition) is 2. The molecule has 1 N–H and O–H groups in total. The summed E-state index contributed by atoms with van der Waals surface area (Å²) in [6, 6.07) is 7.77. The Hall–Kier alpha value is 0.260. The number of benzene rings is 1. The monoisotopic (exact) mass is 280 g/mol. The molecule has 1 aromatic rings. The Kier molecular flexibility index (Phi) is 3.68. The molecule has 0 saturated carbocycles. The summed E-state index contributed by atoms with van der Waals surface area (Å²) < 4.78 is 1.09. The van der Waals surface area contributed by atoms with Crippen molar-refractivity contribution in [2.45, 2.75) is 6.10 Å². The summed E-state index contributed by atoms with van der Waals surface area (Å²) in [5.74, 6) is 0.472. The average Bonchev–Trinajstić information content (AvgIpc) is 2.04. The summed E-state index contributed by atoms with van der Waals surface area (Å²) in [7, 11) is 0. The van der Waals surface area contributed by atoms with Gasteiger partial charge in [0, 0.05) is 9.32 Å². The minimum atomic E-state index is -0.438. The number of aliphatic hydroxyl groups is 1. The minimum Gasteiger partial charge on any atom is -0.388 e. The third-order valence-electron chi connectivity index (χ3n) is 1.44. The molecule has 60 valence electrons. The van der Waals surface area contributed by atoms with Gasteiger partial charge in [-0.1, -0.05) is 18.2 Å². The molecule has 3 heteroatoms. The molecule has 1 unspecified atom stereocenters. The number of aliphatic hydroxyl groups excluding tert-OH is 1. The van der Waals surface area contributed by atoms with Crippen molar-refractivity contribution in [1.82, 2.24) is 0 Å². The van der Waals surface area contributed by atoms with Gasteiger partial charge in [0.25, 0.3) is 0 Å². The van der Waals surface area contributed by atoms with E-state index in [-0.39, 0.29) is 0 Å². The number of halogens is 1. The summed E-state index contributed by atoms with van der Waals surface area (Å²) in [6.07, 6.45) is -0.438. The van der Waals surface area contributed by atoms with Gasteiger partial charge in [-0.15, -0.1) is 0 Å². The van der Waals surface area contributed by atoms with Gasteiger partial charge in [0.2, 0.25) is 0 Å². The zero-order valence-corrected chi connectivity index (χ0v) is 8.92. The molecule has 1 rings (SSSR count). The van der Waals surface area contributed by atoms with Gasteiger partial charge in [-0.05, 0) is 34.2 Å². The predicted octanol–water partition coefficient (Wildman–Crippen LogP) is 2.25. The first kappa shape index (κ1) is 9.35. The second kappa shape index (κ2) is 4.33. The highest BCUT2D eigenvalue weighted by molar-refractivity contribution is 14.1. The van der Waals surface area contributed by atoms with Crippen molar-refractivity contribution >= 4 is 35.2 Å². The van der Waals surface area contributed by atoms with Gasteiger partial charge in [-0.2, -0.15) is 12.6 Å². The molecule has 0 aliphatic rings. The summed E-state index contributed by atoms with van der Waals surface area (Å²) in [5, 5.41) is 9.43. The van der Waals surface area contributed by atoms with E-state index in [1.807, 2.05) is 24.3 Å². The van der Waals surface area contributed by atoms with Gasteiger partial charge in [-0.25, -0.2) is 0 Å². The Morgan fingerprint density at radius 1 is 1.45 bits per heavy atom. The third kappa shape index (κ3) is 2.35. The molecule has 0 radical (unpaired) electrons. The molecule has 0 aliphatic heterocycles. The molecule has 0 amide bonds. The highest BCUT2D eigenvalue weighted by Crippen LogP contribution is 2.19. The van der Waals surface area contributed by atoms with Gasteiger partial charge in [-0.3, -0.25) is 0 Å². The van der Waals surface area contributed by atoms with Crippen molar-refractivity contribution in [3.8, 4) is 0 Å². The van der Waals surface area contributed by atoms with E-state index in [1.54, 1.807) is 0 Å². The van der Waals surface area contributed by atoms with Crippen LogP contribution < -0.4 is 0 Å². The lowest BCUT2D eigenvalue weighted by Crippen LogP contribution is -2.00. The molecular weight excluding hydrogens is 271 g/mol. The maximum atomic E-state index is 9.43. The van der Waals surface area contributed by atoms with Crippen LogP contribution in [0.2, 0.25) is 0 Å². The molecule has 0 aliphatic carbocycles. The second-order valence-corrected chi connectivity index (χ2v) is 3.75. The Morgan fingerprint density at radius 2 is 2.09 bits per heavy atom. The first-order valence-corrected chi connectivity index (χ1v) is 5.00. The van der Waals surface area contributed by atoms with Crippen LogP contribution in [0.15, 0.2) is 24.3 Å². The van der Waals surface area contributed by atoms with Crippen LogP contribution in [0.25, 0.3) is 0 Å². The van der Waals surface area contributed by atoms with Crippen LogP contribution in [0, 0.1) is 3.57 Å². The van der Waals surface area contributed by atoms with E-state index in [0.717, 1.165) is 9.13 Å². The van der Waals surface area contributed by atoms with Crippen LogP contribution in [0.3, 0.4) is 0 Å². The maximum absolute atomic E-state index is 9.43. The lowest BCUT2D eigenvalue weighted by atomic mass is 10.1. The molecule has 0 bridgehead atoms. The van der Waals surface area contributed by atoms with Crippen LogP contribution in [-0.4, -0.2) is 10.9 Å². The standard InChI is InChI=1S/C8H9IOS/c9-7-4-2-1-3-6(7)8(10)5-11/h1-4,8,10-11H,5H2. The fourth-order valence-corrected chi connectivity index (χ4v) is 1.79. The summed E-state index contributed by atoms with van der Waals surface area (Å²) in [5.41, 5.74) is 0.961. The van der Waals surface area contributed by atoms with E-state index in [4.69, 9.17) is 0 Å². The van der Waals surface area contributed by atoms with Gasteiger partial charge < -0.3 is 5.11 Å². The van der Waals surface area contributed by atoms with Gasteiger partial charge in [0.05, 0.1) is 6.10 Å².